The van der Waals surface area contributed by atoms with Gasteiger partial charge in [-0.05, 0) is 55.2 Å². The Morgan fingerprint density at radius 1 is 1.00 bits per heavy atom. The zero-order valence-corrected chi connectivity index (χ0v) is 15.4. The van der Waals surface area contributed by atoms with Gasteiger partial charge >= 0.3 is 6.03 Å². The van der Waals surface area contributed by atoms with Crippen molar-refractivity contribution in [2.75, 3.05) is 7.11 Å². The molecule has 0 heterocycles. The quantitative estimate of drug-likeness (QED) is 0.653. The number of hydrazine groups is 1. The Balaban J connectivity index is 1.66. The highest BCUT2D eigenvalue weighted by molar-refractivity contribution is 5.82. The van der Waals surface area contributed by atoms with Crippen LogP contribution in [0.2, 0.25) is 0 Å². The van der Waals surface area contributed by atoms with Gasteiger partial charge in [0.25, 0.3) is 0 Å². The molecule has 144 valence electrons. The SMILES string of the molecule is COc1ccc(CCC(C)NC(=O)NNC(=O)Cc2ccc(F)cc2)cc1. The number of amides is 3. The fourth-order valence-electron chi connectivity index (χ4n) is 2.47. The Hall–Kier alpha value is -3.09. The Morgan fingerprint density at radius 2 is 1.63 bits per heavy atom. The Morgan fingerprint density at radius 3 is 2.26 bits per heavy atom. The summed E-state index contributed by atoms with van der Waals surface area (Å²) >= 11 is 0. The molecule has 0 aromatic heterocycles. The van der Waals surface area contributed by atoms with Gasteiger partial charge in [0.05, 0.1) is 13.5 Å². The van der Waals surface area contributed by atoms with Crippen LogP contribution >= 0.6 is 0 Å². The second-order valence-corrected chi connectivity index (χ2v) is 6.24. The molecule has 0 bridgehead atoms. The molecule has 0 fully saturated rings. The van der Waals surface area contributed by atoms with Gasteiger partial charge in [0.15, 0.2) is 0 Å². The maximum absolute atomic E-state index is 12.8. The molecule has 0 aliphatic heterocycles. The summed E-state index contributed by atoms with van der Waals surface area (Å²) in [6.45, 7) is 1.89. The van der Waals surface area contributed by atoms with Crippen LogP contribution in [-0.4, -0.2) is 25.1 Å². The van der Waals surface area contributed by atoms with Crippen molar-refractivity contribution in [3.63, 3.8) is 0 Å². The van der Waals surface area contributed by atoms with E-state index in [1.165, 1.54) is 24.3 Å². The van der Waals surface area contributed by atoms with Crippen LogP contribution in [0.25, 0.3) is 0 Å². The topological polar surface area (TPSA) is 79.5 Å². The number of urea groups is 1. The monoisotopic (exact) mass is 373 g/mol. The van der Waals surface area contributed by atoms with Crippen molar-refractivity contribution >= 4 is 11.9 Å². The van der Waals surface area contributed by atoms with E-state index in [-0.39, 0.29) is 24.2 Å². The summed E-state index contributed by atoms with van der Waals surface area (Å²) in [4.78, 5) is 23.6. The van der Waals surface area contributed by atoms with Crippen LogP contribution in [0.5, 0.6) is 5.75 Å². The lowest BCUT2D eigenvalue weighted by Crippen LogP contribution is -2.49. The molecule has 0 aliphatic carbocycles. The standard InChI is InChI=1S/C20H24FN3O3/c1-14(3-4-15-7-11-18(27-2)12-8-15)22-20(26)24-23-19(25)13-16-5-9-17(21)10-6-16/h5-12,14H,3-4,13H2,1-2H3,(H,23,25)(H2,22,24,26). The van der Waals surface area contributed by atoms with Gasteiger partial charge in [0.2, 0.25) is 5.91 Å². The van der Waals surface area contributed by atoms with Gasteiger partial charge in [-0.3, -0.25) is 10.2 Å². The first-order valence-corrected chi connectivity index (χ1v) is 8.69. The van der Waals surface area contributed by atoms with Crippen LogP contribution in [-0.2, 0) is 17.6 Å². The summed E-state index contributed by atoms with van der Waals surface area (Å²) < 4.78 is 18.0. The van der Waals surface area contributed by atoms with Crippen LogP contribution in [0.4, 0.5) is 9.18 Å². The predicted molar refractivity (Wildman–Crippen MR) is 101 cm³/mol. The van der Waals surface area contributed by atoms with E-state index in [4.69, 9.17) is 4.74 Å². The number of halogens is 1. The highest BCUT2D eigenvalue weighted by atomic mass is 19.1. The molecule has 0 saturated carbocycles. The molecule has 2 rings (SSSR count). The minimum absolute atomic E-state index is 0.0492. The van der Waals surface area contributed by atoms with E-state index in [0.717, 1.165) is 24.2 Å². The third-order valence-corrected chi connectivity index (χ3v) is 4.00. The van der Waals surface area contributed by atoms with Crippen molar-refractivity contribution in [3.8, 4) is 5.75 Å². The predicted octanol–water partition coefficient (Wildman–Crippen LogP) is 2.73. The first-order valence-electron chi connectivity index (χ1n) is 8.69. The summed E-state index contributed by atoms with van der Waals surface area (Å²) in [6, 6.07) is 12.8. The molecule has 27 heavy (non-hydrogen) atoms. The molecule has 1 atom stereocenters. The third kappa shape index (κ3) is 7.35. The van der Waals surface area contributed by atoms with Gasteiger partial charge in [-0.15, -0.1) is 0 Å². The Labute approximate surface area is 158 Å². The van der Waals surface area contributed by atoms with Crippen molar-refractivity contribution in [2.24, 2.45) is 0 Å². The van der Waals surface area contributed by atoms with E-state index in [2.05, 4.69) is 16.2 Å². The molecular formula is C20H24FN3O3. The molecule has 6 nitrogen and oxygen atoms in total. The average molecular weight is 373 g/mol. The van der Waals surface area contributed by atoms with Crippen molar-refractivity contribution in [1.82, 2.24) is 16.2 Å². The largest absolute Gasteiger partial charge is 0.497 e. The van der Waals surface area contributed by atoms with Gasteiger partial charge < -0.3 is 10.1 Å². The van der Waals surface area contributed by atoms with Crippen molar-refractivity contribution in [1.29, 1.82) is 0 Å². The minimum atomic E-state index is -0.482. The average Bonchev–Trinajstić information content (AvgIpc) is 2.67. The molecule has 1 unspecified atom stereocenters. The Bertz CT molecular complexity index is 748. The molecule has 7 heteroatoms. The summed E-state index contributed by atoms with van der Waals surface area (Å²) in [7, 11) is 1.62. The second-order valence-electron chi connectivity index (χ2n) is 6.24. The number of carbonyl (C=O) groups excluding carboxylic acids is 2. The summed E-state index contributed by atoms with van der Waals surface area (Å²) in [5.74, 6) is 0.0589. The lowest BCUT2D eigenvalue weighted by atomic mass is 10.1. The maximum Gasteiger partial charge on any atom is 0.333 e. The third-order valence-electron chi connectivity index (χ3n) is 4.00. The van der Waals surface area contributed by atoms with Gasteiger partial charge in [-0.1, -0.05) is 24.3 Å². The number of carbonyl (C=O) groups is 2. The normalized spacial score (nSPS) is 11.4. The summed E-state index contributed by atoms with van der Waals surface area (Å²) in [5.41, 5.74) is 6.45. The van der Waals surface area contributed by atoms with Crippen LogP contribution in [0.3, 0.4) is 0 Å². The molecule has 0 aliphatic rings. The summed E-state index contributed by atoms with van der Waals surface area (Å²) in [5, 5.41) is 2.76. The van der Waals surface area contributed by atoms with Crippen LogP contribution in [0.15, 0.2) is 48.5 Å². The Kier molecular flexibility index (Phi) is 7.61. The van der Waals surface area contributed by atoms with Gasteiger partial charge in [-0.2, -0.15) is 0 Å². The first-order chi connectivity index (χ1) is 13.0. The van der Waals surface area contributed by atoms with Crippen LogP contribution < -0.4 is 20.9 Å². The fourth-order valence-corrected chi connectivity index (χ4v) is 2.47. The lowest BCUT2D eigenvalue weighted by Gasteiger charge is -2.15. The molecule has 0 saturated heterocycles. The number of hydrogen-bond acceptors (Lipinski definition) is 3. The smallest absolute Gasteiger partial charge is 0.333 e. The number of nitrogens with one attached hydrogen (secondary N) is 3. The number of rotatable bonds is 7. The zero-order chi connectivity index (χ0) is 19.6. The number of aryl methyl sites for hydroxylation is 1. The molecule has 2 aromatic carbocycles. The van der Waals surface area contributed by atoms with E-state index >= 15 is 0 Å². The van der Waals surface area contributed by atoms with Gasteiger partial charge in [0.1, 0.15) is 11.6 Å². The van der Waals surface area contributed by atoms with Crippen molar-refractivity contribution in [2.45, 2.75) is 32.2 Å². The van der Waals surface area contributed by atoms with E-state index in [1.807, 2.05) is 31.2 Å². The molecule has 3 N–H and O–H groups in total. The first kappa shape index (κ1) is 20.2. The number of ether oxygens (including phenoxy) is 1. The summed E-state index contributed by atoms with van der Waals surface area (Å²) in [6.07, 6.45) is 1.61. The van der Waals surface area contributed by atoms with Crippen molar-refractivity contribution < 1.29 is 18.7 Å². The van der Waals surface area contributed by atoms with E-state index in [1.54, 1.807) is 7.11 Å². The van der Waals surface area contributed by atoms with E-state index in [0.29, 0.717) is 5.56 Å². The molecular weight excluding hydrogens is 349 g/mol. The van der Waals surface area contributed by atoms with Gasteiger partial charge in [0, 0.05) is 6.04 Å². The highest BCUT2D eigenvalue weighted by Gasteiger charge is 2.09. The zero-order valence-electron chi connectivity index (χ0n) is 15.4. The van der Waals surface area contributed by atoms with E-state index < -0.39 is 6.03 Å². The number of methoxy groups -OCH3 is 1. The number of hydrogen-bond donors (Lipinski definition) is 3. The van der Waals surface area contributed by atoms with Crippen molar-refractivity contribution in [3.05, 3.63) is 65.5 Å². The molecule has 0 radical (unpaired) electrons. The highest BCUT2D eigenvalue weighted by Crippen LogP contribution is 2.13. The van der Waals surface area contributed by atoms with Crippen LogP contribution in [0.1, 0.15) is 24.5 Å². The molecule has 0 spiro atoms. The van der Waals surface area contributed by atoms with Gasteiger partial charge in [-0.25, -0.2) is 14.6 Å². The lowest BCUT2D eigenvalue weighted by molar-refractivity contribution is -0.121. The second kappa shape index (κ2) is 10.2. The minimum Gasteiger partial charge on any atom is -0.497 e. The fraction of sp³-hybridized carbons (Fsp3) is 0.300. The molecule has 3 amide bonds. The maximum atomic E-state index is 12.8. The van der Waals surface area contributed by atoms with E-state index in [9.17, 15) is 14.0 Å². The molecule has 2 aromatic rings. The number of benzene rings is 2. The van der Waals surface area contributed by atoms with Crippen LogP contribution in [0, 0.1) is 5.82 Å².